The maximum atomic E-state index is 13.9. The molecular formula is C17H14FN3O3. The number of carbonyl (C=O) groups excluding carboxylic acids is 1. The van der Waals surface area contributed by atoms with Crippen molar-refractivity contribution in [2.75, 3.05) is 5.32 Å². The van der Waals surface area contributed by atoms with E-state index in [1.54, 1.807) is 25.1 Å². The van der Waals surface area contributed by atoms with Crippen LogP contribution in [0.3, 0.4) is 0 Å². The molecule has 7 heteroatoms. The lowest BCUT2D eigenvalue weighted by molar-refractivity contribution is 0.102. The predicted molar refractivity (Wildman–Crippen MR) is 86.0 cm³/mol. The van der Waals surface area contributed by atoms with Crippen molar-refractivity contribution in [3.63, 3.8) is 0 Å². The molecule has 0 spiro atoms. The maximum absolute atomic E-state index is 13.9. The summed E-state index contributed by atoms with van der Waals surface area (Å²) in [6, 6.07) is 9.75. The Balaban J connectivity index is 1.89. The van der Waals surface area contributed by atoms with Crippen molar-refractivity contribution in [1.82, 2.24) is 9.78 Å². The molecule has 0 radical (unpaired) electrons. The number of halogens is 1. The van der Waals surface area contributed by atoms with Gasteiger partial charge in [-0.25, -0.2) is 9.07 Å². The minimum absolute atomic E-state index is 0.0885. The van der Waals surface area contributed by atoms with Crippen molar-refractivity contribution in [3.8, 4) is 17.2 Å². The molecule has 1 heterocycles. The summed E-state index contributed by atoms with van der Waals surface area (Å²) in [6.07, 6.45) is 1.41. The second-order valence-electron chi connectivity index (χ2n) is 5.20. The summed E-state index contributed by atoms with van der Waals surface area (Å²) in [5.74, 6) is -1.41. The average Bonchev–Trinajstić information content (AvgIpc) is 2.88. The summed E-state index contributed by atoms with van der Waals surface area (Å²) in [7, 11) is 0. The predicted octanol–water partition coefficient (Wildman–Crippen LogP) is 2.98. The van der Waals surface area contributed by atoms with Crippen molar-refractivity contribution in [3.05, 3.63) is 65.7 Å². The Morgan fingerprint density at radius 3 is 2.50 bits per heavy atom. The second-order valence-corrected chi connectivity index (χ2v) is 5.20. The van der Waals surface area contributed by atoms with Crippen molar-refractivity contribution in [2.24, 2.45) is 0 Å². The SMILES string of the molecule is Cc1c(NC(=O)c2cc(O)cc(O)c2)cnn1-c1ccccc1F. The first-order chi connectivity index (χ1) is 11.5. The van der Waals surface area contributed by atoms with Gasteiger partial charge in [0.1, 0.15) is 23.0 Å². The summed E-state index contributed by atoms with van der Waals surface area (Å²) >= 11 is 0. The van der Waals surface area contributed by atoms with Gasteiger partial charge in [0.2, 0.25) is 0 Å². The molecule has 3 rings (SSSR count). The summed E-state index contributed by atoms with van der Waals surface area (Å²) in [5.41, 5.74) is 1.29. The van der Waals surface area contributed by atoms with Gasteiger partial charge in [0.15, 0.2) is 0 Å². The Morgan fingerprint density at radius 1 is 1.17 bits per heavy atom. The van der Waals surface area contributed by atoms with Gasteiger partial charge in [-0.3, -0.25) is 4.79 Å². The smallest absolute Gasteiger partial charge is 0.256 e. The molecule has 1 amide bonds. The molecule has 122 valence electrons. The summed E-state index contributed by atoms with van der Waals surface area (Å²) in [5, 5.41) is 25.6. The van der Waals surface area contributed by atoms with Crippen LogP contribution in [0, 0.1) is 12.7 Å². The highest BCUT2D eigenvalue weighted by Crippen LogP contribution is 2.23. The Hall–Kier alpha value is -3.35. The number of benzene rings is 2. The lowest BCUT2D eigenvalue weighted by atomic mass is 10.2. The normalized spacial score (nSPS) is 10.6. The fourth-order valence-electron chi connectivity index (χ4n) is 2.32. The molecule has 0 aliphatic carbocycles. The van der Waals surface area contributed by atoms with Gasteiger partial charge in [-0.15, -0.1) is 0 Å². The van der Waals surface area contributed by atoms with Crippen LogP contribution >= 0.6 is 0 Å². The molecule has 1 aromatic heterocycles. The summed E-state index contributed by atoms with van der Waals surface area (Å²) in [4.78, 5) is 12.2. The minimum atomic E-state index is -0.530. The van der Waals surface area contributed by atoms with Crippen LogP contribution in [0.4, 0.5) is 10.1 Å². The van der Waals surface area contributed by atoms with Crippen LogP contribution in [0.25, 0.3) is 5.69 Å². The lowest BCUT2D eigenvalue weighted by Gasteiger charge is -2.08. The van der Waals surface area contributed by atoms with Crippen LogP contribution in [-0.4, -0.2) is 25.9 Å². The van der Waals surface area contributed by atoms with E-state index < -0.39 is 11.7 Å². The van der Waals surface area contributed by atoms with Crippen LogP contribution < -0.4 is 5.32 Å². The van der Waals surface area contributed by atoms with Gasteiger partial charge in [0.05, 0.1) is 17.6 Å². The molecule has 0 atom stereocenters. The van der Waals surface area contributed by atoms with Crippen molar-refractivity contribution >= 4 is 11.6 Å². The van der Waals surface area contributed by atoms with Crippen LogP contribution in [0.2, 0.25) is 0 Å². The topological polar surface area (TPSA) is 87.4 Å². The number of phenolic OH excluding ortho intramolecular Hbond substituents is 2. The monoisotopic (exact) mass is 327 g/mol. The molecule has 0 aliphatic rings. The Labute approximate surface area is 136 Å². The van der Waals surface area contributed by atoms with E-state index in [1.165, 1.54) is 29.1 Å². The molecule has 0 saturated carbocycles. The van der Waals surface area contributed by atoms with Gasteiger partial charge in [-0.05, 0) is 31.2 Å². The van der Waals surface area contributed by atoms with E-state index in [9.17, 15) is 19.4 Å². The first-order valence-corrected chi connectivity index (χ1v) is 7.09. The van der Waals surface area contributed by atoms with Crippen LogP contribution in [0.5, 0.6) is 11.5 Å². The number of nitrogens with one attached hydrogen (secondary N) is 1. The second kappa shape index (κ2) is 6.04. The molecule has 2 aromatic carbocycles. The molecule has 3 N–H and O–H groups in total. The number of aromatic nitrogens is 2. The van der Waals surface area contributed by atoms with Crippen molar-refractivity contribution < 1.29 is 19.4 Å². The van der Waals surface area contributed by atoms with Crippen molar-refractivity contribution in [1.29, 1.82) is 0 Å². The quantitative estimate of drug-likeness (QED) is 0.690. The van der Waals surface area contributed by atoms with E-state index in [4.69, 9.17) is 0 Å². The number of anilines is 1. The Kier molecular flexibility index (Phi) is 3.91. The number of nitrogens with zero attached hydrogens (tertiary/aromatic N) is 2. The average molecular weight is 327 g/mol. The highest BCUT2D eigenvalue weighted by molar-refractivity contribution is 6.05. The number of hydrogen-bond donors (Lipinski definition) is 3. The van der Waals surface area contributed by atoms with Gasteiger partial charge < -0.3 is 15.5 Å². The zero-order chi connectivity index (χ0) is 17.3. The first kappa shape index (κ1) is 15.5. The van der Waals surface area contributed by atoms with Gasteiger partial charge in [0.25, 0.3) is 5.91 Å². The van der Waals surface area contributed by atoms with E-state index in [1.807, 2.05) is 0 Å². The Bertz CT molecular complexity index is 901. The van der Waals surface area contributed by atoms with Crippen LogP contribution in [0.15, 0.2) is 48.7 Å². The molecule has 0 unspecified atom stereocenters. The first-order valence-electron chi connectivity index (χ1n) is 7.09. The number of phenols is 2. The van der Waals surface area contributed by atoms with E-state index in [0.717, 1.165) is 6.07 Å². The molecule has 6 nitrogen and oxygen atoms in total. The van der Waals surface area contributed by atoms with E-state index in [0.29, 0.717) is 11.4 Å². The van der Waals surface area contributed by atoms with Gasteiger partial charge >= 0.3 is 0 Å². The number of rotatable bonds is 3. The fourth-order valence-corrected chi connectivity index (χ4v) is 2.32. The molecule has 3 aromatic rings. The number of carbonyl (C=O) groups is 1. The third-order valence-electron chi connectivity index (χ3n) is 3.50. The third-order valence-corrected chi connectivity index (χ3v) is 3.50. The van der Waals surface area contributed by atoms with Gasteiger partial charge in [-0.1, -0.05) is 12.1 Å². The zero-order valence-electron chi connectivity index (χ0n) is 12.7. The molecule has 0 saturated heterocycles. The van der Waals surface area contributed by atoms with E-state index in [2.05, 4.69) is 10.4 Å². The highest BCUT2D eigenvalue weighted by Gasteiger charge is 2.15. The number of aromatic hydroxyl groups is 2. The molecule has 24 heavy (non-hydrogen) atoms. The molecule has 0 aliphatic heterocycles. The molecule has 0 bridgehead atoms. The summed E-state index contributed by atoms with van der Waals surface area (Å²) in [6.45, 7) is 1.69. The standard InChI is InChI=1S/C17H14FN3O3/c1-10-15(9-19-21(10)16-5-3-2-4-14(16)18)20-17(24)11-6-12(22)8-13(23)7-11/h2-9,22-23H,1H3,(H,20,24). The lowest BCUT2D eigenvalue weighted by Crippen LogP contribution is -2.12. The Morgan fingerprint density at radius 2 is 1.83 bits per heavy atom. The van der Waals surface area contributed by atoms with Crippen molar-refractivity contribution in [2.45, 2.75) is 6.92 Å². The number of para-hydroxylation sites is 1. The van der Waals surface area contributed by atoms with E-state index >= 15 is 0 Å². The number of amides is 1. The zero-order valence-corrected chi connectivity index (χ0v) is 12.7. The summed E-state index contributed by atoms with van der Waals surface area (Å²) < 4.78 is 15.3. The molecule has 0 fully saturated rings. The number of hydrogen-bond acceptors (Lipinski definition) is 4. The van der Waals surface area contributed by atoms with Gasteiger partial charge in [-0.2, -0.15) is 5.10 Å². The largest absolute Gasteiger partial charge is 0.508 e. The van der Waals surface area contributed by atoms with Crippen LogP contribution in [0.1, 0.15) is 16.1 Å². The van der Waals surface area contributed by atoms with E-state index in [-0.39, 0.29) is 22.7 Å². The van der Waals surface area contributed by atoms with Crippen LogP contribution in [-0.2, 0) is 0 Å². The minimum Gasteiger partial charge on any atom is -0.508 e. The fraction of sp³-hybridized carbons (Fsp3) is 0.0588. The third kappa shape index (κ3) is 2.91. The highest BCUT2D eigenvalue weighted by atomic mass is 19.1. The molecular weight excluding hydrogens is 313 g/mol. The van der Waals surface area contributed by atoms with Gasteiger partial charge in [0, 0.05) is 11.6 Å². The maximum Gasteiger partial charge on any atom is 0.256 e.